The zero-order valence-corrected chi connectivity index (χ0v) is 43.1. The Morgan fingerprint density at radius 3 is 1.05 bits per heavy atom. The third-order valence-electron chi connectivity index (χ3n) is 14.5. The topological polar surface area (TPSA) is 330 Å². The van der Waals surface area contributed by atoms with Crippen molar-refractivity contribution in [2.75, 3.05) is 0 Å². The fourth-order valence-corrected chi connectivity index (χ4v) is 12.3. The summed E-state index contributed by atoms with van der Waals surface area (Å²) in [6, 6.07) is 15.3. The number of carboxylic acids is 2. The van der Waals surface area contributed by atoms with Crippen LogP contribution in [0.4, 0.5) is 0 Å². The molecule has 6 aromatic carbocycles. The molecule has 400 valence electrons. The lowest BCUT2D eigenvalue weighted by Crippen LogP contribution is -2.59. The van der Waals surface area contributed by atoms with E-state index in [1.54, 1.807) is 27.7 Å². The van der Waals surface area contributed by atoms with Gasteiger partial charge in [-0.05, 0) is 85.3 Å². The SMILES string of the molecule is CC(C)C[C@H](N)C(=O)C(Cl)(C(=O)C(Cl)(C(=O)[C@@H](N)CC(C)C)c1c(C(=O)O)ccc2c1C(=O)OC21c2ccc(O)cc2Oc2cc(O)ccc21)c1c(C(=O)O)ccc2c1C(=O)OC21c2ccc(O)cc2Oc2cc(O)ccc21. The van der Waals surface area contributed by atoms with Crippen LogP contribution in [0.2, 0.25) is 0 Å². The molecule has 0 aromatic heterocycles. The average molecular weight is 1100 g/mol. The van der Waals surface area contributed by atoms with Gasteiger partial charge in [-0.25, -0.2) is 19.2 Å². The maximum absolute atomic E-state index is 16.9. The van der Waals surface area contributed by atoms with Crippen molar-refractivity contribution >= 4 is 64.4 Å². The molecule has 0 bridgehead atoms. The van der Waals surface area contributed by atoms with Gasteiger partial charge < -0.3 is 61.1 Å². The van der Waals surface area contributed by atoms with Crippen molar-refractivity contribution in [1.29, 1.82) is 0 Å². The Morgan fingerprint density at radius 1 is 0.500 bits per heavy atom. The Morgan fingerprint density at radius 2 is 0.782 bits per heavy atom. The van der Waals surface area contributed by atoms with Crippen LogP contribution in [0, 0.1) is 11.8 Å². The van der Waals surface area contributed by atoms with Gasteiger partial charge in [0.15, 0.2) is 38.3 Å². The molecule has 10 rings (SSSR count). The highest BCUT2D eigenvalue weighted by Crippen LogP contribution is 2.62. The van der Waals surface area contributed by atoms with Crippen LogP contribution in [0.5, 0.6) is 46.0 Å². The van der Waals surface area contributed by atoms with E-state index < -0.39 is 119 Å². The number of carbonyl (C=O) groups is 7. The van der Waals surface area contributed by atoms with Crippen molar-refractivity contribution in [3.05, 3.63) is 164 Å². The summed E-state index contributed by atoms with van der Waals surface area (Å²) in [5.41, 5.74) is 2.47. The quantitative estimate of drug-likeness (QED) is 0.0290. The summed E-state index contributed by atoms with van der Waals surface area (Å²) in [5.74, 6) is -14.4. The Labute approximate surface area is 452 Å². The van der Waals surface area contributed by atoms with E-state index >= 15 is 24.0 Å². The number of rotatable bonds is 14. The van der Waals surface area contributed by atoms with E-state index in [4.69, 9.17) is 53.6 Å². The number of Topliss-reactive ketones (excluding diaryl/α,β-unsaturated/α-hetero) is 3. The first kappa shape index (κ1) is 52.9. The number of alkyl halides is 2. The number of carboxylic acid groups (broad SMARTS) is 2. The molecular weight excluding hydrogens is 1060 g/mol. The molecule has 4 heterocycles. The number of esters is 2. The van der Waals surface area contributed by atoms with Gasteiger partial charge in [-0.3, -0.25) is 14.4 Å². The molecule has 0 saturated heterocycles. The number of benzene rings is 6. The third kappa shape index (κ3) is 7.50. The van der Waals surface area contributed by atoms with Crippen LogP contribution >= 0.6 is 23.2 Å². The number of phenols is 4. The van der Waals surface area contributed by atoms with E-state index in [0.29, 0.717) is 0 Å². The van der Waals surface area contributed by atoms with Crippen LogP contribution in [0.15, 0.2) is 97.1 Å². The molecule has 2 unspecified atom stereocenters. The van der Waals surface area contributed by atoms with E-state index in [-0.39, 0.29) is 92.2 Å². The Balaban J connectivity index is 1.34. The first-order valence-corrected chi connectivity index (χ1v) is 25.0. The molecule has 6 aromatic rings. The van der Waals surface area contributed by atoms with E-state index in [0.717, 1.165) is 24.3 Å². The smallest absolute Gasteiger partial charge is 0.340 e. The molecule has 10 N–H and O–H groups in total. The van der Waals surface area contributed by atoms with Gasteiger partial charge >= 0.3 is 23.9 Å². The van der Waals surface area contributed by atoms with Gasteiger partial charge in [-0.2, -0.15) is 0 Å². The molecule has 78 heavy (non-hydrogen) atoms. The number of ketones is 3. The summed E-state index contributed by atoms with van der Waals surface area (Å²) in [5, 5.41) is 64.8. The minimum Gasteiger partial charge on any atom is -0.508 e. The van der Waals surface area contributed by atoms with Gasteiger partial charge in [-0.15, -0.1) is 0 Å². The fourth-order valence-electron chi connectivity index (χ4n) is 11.3. The second-order valence-corrected chi connectivity index (χ2v) is 21.5. The van der Waals surface area contributed by atoms with Gasteiger partial charge in [0.1, 0.15) is 46.0 Å². The minimum atomic E-state index is -3.76. The van der Waals surface area contributed by atoms with Crippen molar-refractivity contribution in [2.24, 2.45) is 23.3 Å². The molecule has 4 aliphatic heterocycles. The van der Waals surface area contributed by atoms with E-state index in [1.807, 2.05) is 0 Å². The van der Waals surface area contributed by atoms with Crippen molar-refractivity contribution in [1.82, 2.24) is 0 Å². The summed E-state index contributed by atoms with van der Waals surface area (Å²) < 4.78 is 24.8. The number of halogens is 2. The maximum atomic E-state index is 16.9. The molecule has 2 spiro atoms. The number of fused-ring (bicyclic) bond motifs is 12. The van der Waals surface area contributed by atoms with Crippen LogP contribution in [0.3, 0.4) is 0 Å². The minimum absolute atomic E-state index is 0.00977. The number of nitrogens with two attached hydrogens (primary N) is 2. The molecule has 0 fully saturated rings. The monoisotopic (exact) mass is 1100 g/mol. The predicted molar refractivity (Wildman–Crippen MR) is 275 cm³/mol. The lowest BCUT2D eigenvalue weighted by molar-refractivity contribution is -0.138. The van der Waals surface area contributed by atoms with Gasteiger partial charge in [-0.1, -0.05) is 63.0 Å². The molecule has 19 nitrogen and oxygen atoms in total. The molecule has 21 heteroatoms. The van der Waals surface area contributed by atoms with Crippen LogP contribution in [0.1, 0.15) is 126 Å². The number of ether oxygens (including phenoxy) is 4. The van der Waals surface area contributed by atoms with Crippen molar-refractivity contribution < 1.29 is 83.1 Å². The number of aromatic carboxylic acids is 2. The van der Waals surface area contributed by atoms with E-state index in [9.17, 15) is 40.2 Å². The summed E-state index contributed by atoms with van der Waals surface area (Å²) in [4.78, 5) is 99.1. The van der Waals surface area contributed by atoms with Gasteiger partial charge in [0.05, 0.1) is 34.3 Å². The summed E-state index contributed by atoms with van der Waals surface area (Å²) in [7, 11) is 0. The summed E-state index contributed by atoms with van der Waals surface area (Å²) in [6.07, 6.45) is -0.564. The van der Waals surface area contributed by atoms with Crippen LogP contribution < -0.4 is 20.9 Å². The Bertz CT molecular complexity index is 3370. The Kier molecular flexibility index (Phi) is 12.4. The predicted octanol–water partition coefficient (Wildman–Crippen LogP) is 8.06. The third-order valence-corrected chi connectivity index (χ3v) is 15.6. The highest BCUT2D eigenvalue weighted by Gasteiger charge is 2.67. The zero-order chi connectivity index (χ0) is 56.5. The summed E-state index contributed by atoms with van der Waals surface area (Å²) in [6.45, 7) is 6.59. The second kappa shape index (κ2) is 18.3. The van der Waals surface area contributed by atoms with Gasteiger partial charge in [0.2, 0.25) is 0 Å². The van der Waals surface area contributed by atoms with Gasteiger partial charge in [0, 0.05) is 68.8 Å². The second-order valence-electron chi connectivity index (χ2n) is 20.3. The number of phenolic OH excluding ortho intramolecular Hbond substituents is 4. The van der Waals surface area contributed by atoms with Crippen molar-refractivity contribution in [2.45, 2.75) is 73.6 Å². The molecule has 4 aliphatic rings. The lowest BCUT2D eigenvalue weighted by Gasteiger charge is -2.39. The first-order valence-electron chi connectivity index (χ1n) is 24.2. The molecule has 0 aliphatic carbocycles. The number of aromatic hydroxyl groups is 4. The zero-order valence-electron chi connectivity index (χ0n) is 41.5. The first-order chi connectivity index (χ1) is 36.7. The highest BCUT2D eigenvalue weighted by molar-refractivity contribution is 6.58. The largest absolute Gasteiger partial charge is 0.508 e. The average Bonchev–Trinajstić information content (AvgIpc) is 3.53. The van der Waals surface area contributed by atoms with Crippen molar-refractivity contribution in [3.8, 4) is 46.0 Å². The molecule has 4 atom stereocenters. The number of hydrogen-bond donors (Lipinski definition) is 8. The van der Waals surface area contributed by atoms with Gasteiger partial charge in [0.25, 0.3) is 0 Å². The highest BCUT2D eigenvalue weighted by atomic mass is 35.5. The van der Waals surface area contributed by atoms with E-state index in [2.05, 4.69) is 0 Å². The standard InChI is InChI=1S/C57H46Cl2N2O17/c1-23(2)17-37(60)47(66)54(58,45-29(49(68)69)9-15-35-43(45)51(72)77-56(35)31-11-5-25(62)19-39(31)75-40-20-26(63)6-12-32(40)56)53(74)55(59,48(67)38(61)18-24(3)4)46-30(50(70)71)10-16-36-44(46)52(73)78-57(36)33-13-7-27(64)21-41(33)76-42-22-28(65)8-14-34(42)57/h5-16,19-24,37-38,62-65H,17-18,60-61H2,1-4H3,(H,68,69)(H,70,71)/t37-,38-,54?,55?/m0/s1. The molecule has 0 saturated carbocycles. The summed E-state index contributed by atoms with van der Waals surface area (Å²) >= 11 is 15.6. The van der Waals surface area contributed by atoms with Crippen LogP contribution in [-0.2, 0) is 44.8 Å². The maximum Gasteiger partial charge on any atom is 0.340 e. The van der Waals surface area contributed by atoms with Crippen LogP contribution in [0.25, 0.3) is 0 Å². The molecular formula is C57H46Cl2N2O17. The number of hydrogen-bond acceptors (Lipinski definition) is 17. The molecule has 0 radical (unpaired) electrons. The van der Waals surface area contributed by atoms with Crippen molar-refractivity contribution in [3.63, 3.8) is 0 Å². The normalized spacial score (nSPS) is 17.1. The van der Waals surface area contributed by atoms with E-state index in [1.165, 1.54) is 72.8 Å². The fraction of sp³-hybridized carbons (Fsp3) is 0.246. The van der Waals surface area contributed by atoms with Crippen LogP contribution in [-0.4, -0.2) is 83.9 Å². The molecule has 0 amide bonds. The lowest BCUT2D eigenvalue weighted by atomic mass is 9.68. The number of carbonyl (C=O) groups excluding carboxylic acids is 5. The Hall–Kier alpha value is -8.49.